The lowest BCUT2D eigenvalue weighted by Gasteiger charge is -2.62. The first kappa shape index (κ1) is 26.6. The molecule has 3 aliphatic rings. The number of allylic oxidation sites excluding steroid dienone is 6. The molecule has 5 atom stereocenters. The van der Waals surface area contributed by atoms with Crippen molar-refractivity contribution in [1.29, 1.82) is 0 Å². The van der Waals surface area contributed by atoms with Crippen molar-refractivity contribution in [3.8, 4) is 0 Å². The lowest BCUT2D eigenvalue weighted by molar-refractivity contribution is -0.123. The van der Waals surface area contributed by atoms with Gasteiger partial charge < -0.3 is 0 Å². The van der Waals surface area contributed by atoms with Gasteiger partial charge >= 0.3 is 0 Å². The highest BCUT2D eigenvalue weighted by atomic mass is 14.7. The summed E-state index contributed by atoms with van der Waals surface area (Å²) >= 11 is 0. The second-order valence-electron chi connectivity index (χ2n) is 13.3. The Kier molecular flexibility index (Phi) is 8.61. The predicted molar refractivity (Wildman–Crippen MR) is 147 cm³/mol. The molecule has 0 unspecified atom stereocenters. The van der Waals surface area contributed by atoms with Gasteiger partial charge in [0.2, 0.25) is 0 Å². The Morgan fingerprint density at radius 2 is 1.39 bits per heavy atom. The first-order chi connectivity index (χ1) is 15.5. The minimum absolute atomic E-state index is 0.488. The smallest absolute Gasteiger partial charge is 0.0149 e. The Labute approximate surface area is 207 Å². The van der Waals surface area contributed by atoms with E-state index in [2.05, 4.69) is 60.3 Å². The van der Waals surface area contributed by atoms with Crippen molar-refractivity contribution in [1.82, 2.24) is 0 Å². The van der Waals surface area contributed by atoms with Crippen molar-refractivity contribution in [3.63, 3.8) is 0 Å². The van der Waals surface area contributed by atoms with Crippen molar-refractivity contribution in [2.45, 2.75) is 125 Å². The Hall–Kier alpha value is -1.04. The van der Waals surface area contributed by atoms with Crippen molar-refractivity contribution >= 4 is 0 Å². The summed E-state index contributed by atoms with van der Waals surface area (Å²) in [5, 5.41) is 0. The average Bonchev–Trinajstić information content (AvgIpc) is 3.10. The predicted octanol–water partition coefficient (Wildman–Crippen LogP) is 10.6. The zero-order valence-electron chi connectivity index (χ0n) is 23.1. The third-order valence-electron chi connectivity index (χ3n) is 10.6. The number of rotatable bonds is 10. The highest BCUT2D eigenvalue weighted by Crippen LogP contribution is 2.70. The van der Waals surface area contributed by atoms with Gasteiger partial charge in [-0.25, -0.2) is 0 Å². The fraction of sp³-hybridized carbons (Fsp3) is 0.758. The molecule has 0 heteroatoms. The fourth-order valence-electron chi connectivity index (χ4n) is 8.85. The third kappa shape index (κ3) is 5.62. The summed E-state index contributed by atoms with van der Waals surface area (Å²) in [6.07, 6.45) is 23.9. The highest BCUT2D eigenvalue weighted by Gasteiger charge is 2.62. The largest absolute Gasteiger partial charge is 0.103 e. The first-order valence-corrected chi connectivity index (χ1v) is 14.1. The van der Waals surface area contributed by atoms with E-state index < -0.39 is 0 Å². The van der Waals surface area contributed by atoms with Crippen LogP contribution in [0.5, 0.6) is 0 Å². The molecule has 3 fully saturated rings. The Morgan fingerprint density at radius 3 is 2.06 bits per heavy atom. The molecule has 0 heterocycles. The van der Waals surface area contributed by atoms with Gasteiger partial charge in [0.15, 0.2) is 0 Å². The third-order valence-corrected chi connectivity index (χ3v) is 10.6. The quantitative estimate of drug-likeness (QED) is 0.290. The molecular formula is C33H54. The van der Waals surface area contributed by atoms with Crippen molar-refractivity contribution in [2.24, 2.45) is 34.0 Å². The second-order valence-corrected chi connectivity index (χ2v) is 13.3. The molecule has 0 aromatic rings. The summed E-state index contributed by atoms with van der Waals surface area (Å²) in [6, 6.07) is 0. The van der Waals surface area contributed by atoms with Crippen LogP contribution in [0.4, 0.5) is 0 Å². The van der Waals surface area contributed by atoms with Crippen LogP contribution in [0.1, 0.15) is 125 Å². The summed E-state index contributed by atoms with van der Waals surface area (Å²) in [5.41, 5.74) is 6.18. The second kappa shape index (κ2) is 10.7. The summed E-state index contributed by atoms with van der Waals surface area (Å²) in [6.45, 7) is 23.6. The molecule has 186 valence electrons. The van der Waals surface area contributed by atoms with E-state index in [0.29, 0.717) is 16.2 Å². The molecule has 33 heavy (non-hydrogen) atoms. The molecule has 3 aliphatic carbocycles. The number of hydrogen-bond acceptors (Lipinski definition) is 0. The Morgan fingerprint density at radius 1 is 0.758 bits per heavy atom. The number of fused-ring (bicyclic) bond motifs is 3. The maximum atomic E-state index is 4.69. The van der Waals surface area contributed by atoms with Gasteiger partial charge in [0, 0.05) is 0 Å². The molecule has 0 aliphatic heterocycles. The van der Waals surface area contributed by atoms with Gasteiger partial charge in [0.1, 0.15) is 0 Å². The van der Waals surface area contributed by atoms with Crippen LogP contribution < -0.4 is 0 Å². The van der Waals surface area contributed by atoms with E-state index >= 15 is 0 Å². The van der Waals surface area contributed by atoms with E-state index in [1.54, 1.807) is 11.1 Å². The number of hydrogen-bond donors (Lipinski definition) is 0. The molecule has 0 aromatic heterocycles. The standard InChI is InChI=1S/C33H54/c1-9-10-14-25(2)15-11-16-26(3)17-12-18-27(4)28-19-20-30-32(28,7)24-21-29-31(5,6)22-13-23-33(29,30)8/h9,15,17,28-30H,1,4,10-14,16,18-24H2,2-3,5-8H3/b25-15+,26-17+/t28-,29+,30+,32+,33+/m1/s1. The molecule has 0 spiro atoms. The maximum Gasteiger partial charge on any atom is -0.0149 e. The van der Waals surface area contributed by atoms with Gasteiger partial charge in [0.25, 0.3) is 0 Å². The van der Waals surface area contributed by atoms with E-state index in [1.165, 1.54) is 76.2 Å². The van der Waals surface area contributed by atoms with Crippen LogP contribution in [0.2, 0.25) is 0 Å². The van der Waals surface area contributed by atoms with Gasteiger partial charge in [-0.1, -0.05) is 75.6 Å². The lowest BCUT2D eigenvalue weighted by atomic mass is 9.43. The first-order valence-electron chi connectivity index (χ1n) is 14.1. The van der Waals surface area contributed by atoms with Crippen LogP contribution in [-0.2, 0) is 0 Å². The van der Waals surface area contributed by atoms with Gasteiger partial charge in [-0.05, 0) is 125 Å². The minimum Gasteiger partial charge on any atom is -0.103 e. The zero-order chi connectivity index (χ0) is 24.3. The highest BCUT2D eigenvalue weighted by molar-refractivity contribution is 5.18. The van der Waals surface area contributed by atoms with E-state index in [4.69, 9.17) is 6.58 Å². The maximum absolute atomic E-state index is 4.69. The van der Waals surface area contributed by atoms with Crippen LogP contribution in [0.3, 0.4) is 0 Å². The average molecular weight is 451 g/mol. The van der Waals surface area contributed by atoms with E-state index in [9.17, 15) is 0 Å². The molecule has 0 bridgehead atoms. The topological polar surface area (TPSA) is 0 Å². The summed E-state index contributed by atoms with van der Waals surface area (Å²) in [4.78, 5) is 0. The molecule has 3 saturated carbocycles. The molecule has 0 nitrogen and oxygen atoms in total. The Balaban J connectivity index is 1.54. The summed E-state index contributed by atoms with van der Waals surface area (Å²) < 4.78 is 0. The van der Waals surface area contributed by atoms with Gasteiger partial charge in [0.05, 0.1) is 0 Å². The van der Waals surface area contributed by atoms with Crippen LogP contribution in [0.15, 0.2) is 48.1 Å². The molecular weight excluding hydrogens is 396 g/mol. The summed E-state index contributed by atoms with van der Waals surface area (Å²) in [5.74, 6) is 2.57. The van der Waals surface area contributed by atoms with Crippen LogP contribution in [0, 0.1) is 34.0 Å². The van der Waals surface area contributed by atoms with Crippen molar-refractivity contribution in [3.05, 3.63) is 48.1 Å². The molecule has 3 rings (SSSR count). The van der Waals surface area contributed by atoms with Gasteiger partial charge in [-0.2, -0.15) is 0 Å². The van der Waals surface area contributed by atoms with E-state index in [-0.39, 0.29) is 0 Å². The SMILES string of the molecule is C=CCC/C(C)=C/CC/C(C)=C/CCC(=C)[C@H]1CC[C@H]2[C@@]1(C)CC[C@H]1C(C)(C)CCC[C@]21C. The van der Waals surface area contributed by atoms with Gasteiger partial charge in [-0.15, -0.1) is 6.58 Å². The molecule has 0 aromatic carbocycles. The lowest BCUT2D eigenvalue weighted by Crippen LogP contribution is -2.54. The van der Waals surface area contributed by atoms with Crippen LogP contribution in [0.25, 0.3) is 0 Å². The molecule has 0 N–H and O–H groups in total. The van der Waals surface area contributed by atoms with Crippen LogP contribution in [-0.4, -0.2) is 0 Å². The van der Waals surface area contributed by atoms with Crippen LogP contribution >= 0.6 is 0 Å². The van der Waals surface area contributed by atoms with E-state index in [1.807, 2.05) is 6.08 Å². The van der Waals surface area contributed by atoms with E-state index in [0.717, 1.165) is 30.6 Å². The normalized spacial score (nSPS) is 36.2. The Bertz CT molecular complexity index is 761. The molecule has 0 radical (unpaired) electrons. The fourth-order valence-corrected chi connectivity index (χ4v) is 8.85. The monoisotopic (exact) mass is 450 g/mol. The molecule has 0 saturated heterocycles. The van der Waals surface area contributed by atoms with Crippen molar-refractivity contribution < 1.29 is 0 Å². The van der Waals surface area contributed by atoms with Gasteiger partial charge in [-0.3, -0.25) is 0 Å². The summed E-state index contributed by atoms with van der Waals surface area (Å²) in [7, 11) is 0. The molecule has 0 amide bonds. The zero-order valence-corrected chi connectivity index (χ0v) is 23.1. The minimum atomic E-state index is 0.488. The van der Waals surface area contributed by atoms with Crippen molar-refractivity contribution in [2.75, 3.05) is 0 Å².